The standard InChI is InChI=1S/C35H35ClN4O8/c1-5-47-35(44)31-27(39-21(3)29(34(43)45-4)30(31)25-8-6-7-9-26(25)36)18-46-15-14-38-28(41)19-48-24-12-10-22(11-13-24)32-20(2)16-23(17-37)33(42)40-32/h6-13,16,20,30,39H,5,14-15,18-19H2,1-4H3,(H,38,41). The van der Waals surface area contributed by atoms with Crippen LogP contribution >= 0.6 is 11.6 Å². The Hall–Kier alpha value is -5.25. The van der Waals surface area contributed by atoms with E-state index in [0.717, 1.165) is 0 Å². The van der Waals surface area contributed by atoms with Crippen molar-refractivity contribution in [1.29, 1.82) is 5.26 Å². The molecule has 0 spiro atoms. The van der Waals surface area contributed by atoms with Gasteiger partial charge in [-0.1, -0.05) is 42.8 Å². The second-order valence-corrected chi connectivity index (χ2v) is 11.1. The van der Waals surface area contributed by atoms with Gasteiger partial charge in [-0.05, 0) is 55.3 Å². The summed E-state index contributed by atoms with van der Waals surface area (Å²) < 4.78 is 21.8. The fourth-order valence-corrected chi connectivity index (χ4v) is 5.55. The van der Waals surface area contributed by atoms with E-state index >= 15 is 0 Å². The minimum atomic E-state index is -0.870. The largest absolute Gasteiger partial charge is 0.484 e. The van der Waals surface area contributed by atoms with Gasteiger partial charge < -0.3 is 29.6 Å². The molecule has 4 rings (SSSR count). The maximum atomic E-state index is 13.3. The highest BCUT2D eigenvalue weighted by Gasteiger charge is 2.39. The Labute approximate surface area is 283 Å². The van der Waals surface area contributed by atoms with Crippen molar-refractivity contribution in [2.45, 2.75) is 26.7 Å². The van der Waals surface area contributed by atoms with Crippen LogP contribution in [0.5, 0.6) is 5.75 Å². The average molecular weight is 675 g/mol. The Kier molecular flexibility index (Phi) is 12.3. The third kappa shape index (κ3) is 8.36. The van der Waals surface area contributed by atoms with Crippen LogP contribution in [0.25, 0.3) is 0 Å². The number of rotatable bonds is 13. The number of hydrogen-bond acceptors (Lipinski definition) is 10. The summed E-state index contributed by atoms with van der Waals surface area (Å²) in [5, 5.41) is 15.2. The summed E-state index contributed by atoms with van der Waals surface area (Å²) in [6.45, 7) is 5.29. The highest BCUT2D eigenvalue weighted by Crippen LogP contribution is 2.41. The van der Waals surface area contributed by atoms with Crippen molar-refractivity contribution in [2.75, 3.05) is 40.1 Å². The van der Waals surface area contributed by atoms with Gasteiger partial charge in [-0.2, -0.15) is 5.26 Å². The molecule has 2 aliphatic heterocycles. The molecule has 12 nitrogen and oxygen atoms in total. The summed E-state index contributed by atoms with van der Waals surface area (Å²) >= 11 is 6.53. The number of nitrogens with one attached hydrogen (secondary N) is 2. The first kappa shape index (κ1) is 35.6. The van der Waals surface area contributed by atoms with E-state index in [2.05, 4.69) is 15.6 Å². The average Bonchev–Trinajstić information content (AvgIpc) is 3.08. The van der Waals surface area contributed by atoms with E-state index in [4.69, 9.17) is 35.8 Å². The number of carbonyl (C=O) groups is 4. The van der Waals surface area contributed by atoms with Crippen molar-refractivity contribution in [3.63, 3.8) is 0 Å². The predicted molar refractivity (Wildman–Crippen MR) is 176 cm³/mol. The summed E-state index contributed by atoms with van der Waals surface area (Å²) in [5.41, 5.74) is 3.05. The fourth-order valence-electron chi connectivity index (χ4n) is 5.30. The number of dihydropyridines is 2. The van der Waals surface area contributed by atoms with Crippen LogP contribution in [0.4, 0.5) is 0 Å². The number of amides is 2. The van der Waals surface area contributed by atoms with Crippen molar-refractivity contribution in [1.82, 2.24) is 10.6 Å². The topological polar surface area (TPSA) is 165 Å². The second-order valence-electron chi connectivity index (χ2n) is 10.7. The monoisotopic (exact) mass is 674 g/mol. The molecule has 13 heteroatoms. The van der Waals surface area contributed by atoms with Gasteiger partial charge in [0.2, 0.25) is 0 Å². The van der Waals surface area contributed by atoms with Crippen molar-refractivity contribution in [3.05, 3.63) is 98.9 Å². The van der Waals surface area contributed by atoms with Crippen LogP contribution in [0, 0.1) is 17.2 Å². The zero-order valence-corrected chi connectivity index (χ0v) is 27.7. The van der Waals surface area contributed by atoms with Crippen molar-refractivity contribution in [3.8, 4) is 11.8 Å². The molecule has 0 bridgehead atoms. The van der Waals surface area contributed by atoms with E-state index in [1.54, 1.807) is 68.5 Å². The third-order valence-corrected chi connectivity index (χ3v) is 7.86. The Morgan fingerprint density at radius 2 is 1.81 bits per heavy atom. The number of esters is 2. The Bertz CT molecular complexity index is 1750. The molecule has 2 aromatic rings. The van der Waals surface area contributed by atoms with Gasteiger partial charge in [-0.3, -0.25) is 9.59 Å². The quantitative estimate of drug-likeness (QED) is 0.235. The van der Waals surface area contributed by atoms with Gasteiger partial charge in [0.1, 0.15) is 17.4 Å². The van der Waals surface area contributed by atoms with E-state index in [9.17, 15) is 19.2 Å². The molecular weight excluding hydrogens is 640 g/mol. The minimum Gasteiger partial charge on any atom is -0.484 e. The molecule has 0 saturated heterocycles. The first-order valence-corrected chi connectivity index (χ1v) is 15.5. The lowest BCUT2D eigenvalue weighted by Crippen LogP contribution is -2.35. The zero-order valence-electron chi connectivity index (χ0n) is 26.9. The first-order valence-electron chi connectivity index (χ1n) is 15.1. The molecule has 0 aromatic heterocycles. The smallest absolute Gasteiger partial charge is 0.336 e. The summed E-state index contributed by atoms with van der Waals surface area (Å²) in [4.78, 5) is 54.6. The fraction of sp³-hybridized carbons (Fsp3) is 0.314. The number of allylic oxidation sites excluding steroid dienone is 2. The number of hydrogen-bond donors (Lipinski definition) is 2. The van der Waals surface area contributed by atoms with Crippen molar-refractivity contribution < 1.29 is 38.1 Å². The number of ether oxygens (including phenoxy) is 4. The van der Waals surface area contributed by atoms with Crippen LogP contribution in [-0.4, -0.2) is 69.5 Å². The van der Waals surface area contributed by atoms with Crippen molar-refractivity contribution in [2.24, 2.45) is 10.9 Å². The molecule has 250 valence electrons. The summed E-state index contributed by atoms with van der Waals surface area (Å²) in [5.74, 6) is -2.84. The van der Waals surface area contributed by atoms with Gasteiger partial charge in [-0.25, -0.2) is 14.6 Å². The Morgan fingerprint density at radius 1 is 1.08 bits per heavy atom. The lowest BCUT2D eigenvalue weighted by molar-refractivity contribution is -0.139. The van der Waals surface area contributed by atoms with Gasteiger partial charge in [0.15, 0.2) is 6.61 Å². The lowest BCUT2D eigenvalue weighted by Gasteiger charge is -2.31. The van der Waals surface area contributed by atoms with E-state index in [1.807, 2.05) is 13.0 Å². The summed E-state index contributed by atoms with van der Waals surface area (Å²) in [6, 6.07) is 15.6. The first-order chi connectivity index (χ1) is 23.1. The summed E-state index contributed by atoms with van der Waals surface area (Å²) in [6.07, 6.45) is 1.58. The number of benzene rings is 2. The number of halogens is 1. The molecular formula is C35H35ClN4O8. The van der Waals surface area contributed by atoms with Crippen LogP contribution in [-0.2, 0) is 33.4 Å². The molecule has 2 N–H and O–H groups in total. The normalized spacial score (nSPS) is 17.5. The highest BCUT2D eigenvalue weighted by atomic mass is 35.5. The van der Waals surface area contributed by atoms with Gasteiger partial charge in [0.05, 0.1) is 55.4 Å². The molecule has 0 fully saturated rings. The zero-order chi connectivity index (χ0) is 34.8. The molecule has 2 aliphatic rings. The molecule has 2 atom stereocenters. The maximum Gasteiger partial charge on any atom is 0.336 e. The van der Waals surface area contributed by atoms with Crippen LogP contribution in [0.15, 0.2) is 87.7 Å². The van der Waals surface area contributed by atoms with Crippen LogP contribution in [0.3, 0.4) is 0 Å². The van der Waals surface area contributed by atoms with E-state index in [-0.39, 0.29) is 61.5 Å². The van der Waals surface area contributed by atoms with Crippen LogP contribution < -0.4 is 15.4 Å². The Morgan fingerprint density at radius 3 is 2.48 bits per heavy atom. The van der Waals surface area contributed by atoms with E-state index in [0.29, 0.717) is 39.0 Å². The van der Waals surface area contributed by atoms with Gasteiger partial charge in [0, 0.05) is 23.2 Å². The molecule has 2 heterocycles. The SMILES string of the molecule is CCOC(=O)C1=C(COCCNC(=O)COc2ccc(C3=NC(=O)C(C#N)=CC3C)cc2)NC(C)=C(C(=O)OC)C1c1ccccc1Cl. The number of nitrogens with zero attached hydrogens (tertiary/aromatic N) is 2. The molecule has 48 heavy (non-hydrogen) atoms. The molecule has 2 amide bonds. The lowest BCUT2D eigenvalue weighted by atomic mass is 9.80. The van der Waals surface area contributed by atoms with E-state index < -0.39 is 23.8 Å². The van der Waals surface area contributed by atoms with Crippen LogP contribution in [0.1, 0.15) is 37.8 Å². The Balaban J connectivity index is 1.34. The highest BCUT2D eigenvalue weighted by molar-refractivity contribution is 6.31. The minimum absolute atomic E-state index is 0.0234. The molecule has 2 aromatic carbocycles. The van der Waals surface area contributed by atoms with Gasteiger partial charge in [-0.15, -0.1) is 0 Å². The molecule has 0 saturated carbocycles. The number of carbonyl (C=O) groups excluding carboxylic acids is 4. The van der Waals surface area contributed by atoms with Crippen molar-refractivity contribution >= 4 is 41.1 Å². The number of aliphatic imine (C=N–C) groups is 1. The van der Waals surface area contributed by atoms with Crippen LogP contribution in [0.2, 0.25) is 5.02 Å². The maximum absolute atomic E-state index is 13.3. The predicted octanol–water partition coefficient (Wildman–Crippen LogP) is 3.92. The number of nitriles is 1. The van der Waals surface area contributed by atoms with Gasteiger partial charge in [0.25, 0.3) is 11.8 Å². The van der Waals surface area contributed by atoms with E-state index in [1.165, 1.54) is 7.11 Å². The molecule has 0 aliphatic carbocycles. The molecule has 2 unspecified atom stereocenters. The van der Waals surface area contributed by atoms with Gasteiger partial charge >= 0.3 is 11.9 Å². The summed E-state index contributed by atoms with van der Waals surface area (Å²) in [7, 11) is 1.26. The third-order valence-electron chi connectivity index (χ3n) is 7.52. The second kappa shape index (κ2) is 16.5. The molecule has 0 radical (unpaired) electrons. The number of methoxy groups -OCH3 is 1.